The molecule has 1 fully saturated rings. The van der Waals surface area contributed by atoms with Crippen molar-refractivity contribution in [1.29, 1.82) is 0 Å². The van der Waals surface area contributed by atoms with Gasteiger partial charge in [-0.1, -0.05) is 36.4 Å². The van der Waals surface area contributed by atoms with Gasteiger partial charge in [0.05, 0.1) is 17.7 Å². The molecule has 2 aromatic heterocycles. The summed E-state index contributed by atoms with van der Waals surface area (Å²) < 4.78 is 7.02. The Morgan fingerprint density at radius 3 is 2.87 bits per heavy atom. The van der Waals surface area contributed by atoms with Crippen molar-refractivity contribution >= 4 is 28.7 Å². The van der Waals surface area contributed by atoms with Crippen LogP contribution in [0.1, 0.15) is 22.3 Å². The maximum Gasteiger partial charge on any atom is 0.203 e. The Labute approximate surface area is 170 Å². The van der Waals surface area contributed by atoms with Crippen LogP contribution in [0.2, 0.25) is 0 Å². The summed E-state index contributed by atoms with van der Waals surface area (Å²) in [4.78, 5) is 21.8. The predicted octanol–water partition coefficient (Wildman–Crippen LogP) is 0.130. The number of carbonyl (C=O) groups is 1. The fourth-order valence-electron chi connectivity index (χ4n) is 3.97. The second kappa shape index (κ2) is 6.96. The molecule has 0 saturated carbocycles. The van der Waals surface area contributed by atoms with Gasteiger partial charge in [0.15, 0.2) is 11.9 Å². The Morgan fingerprint density at radius 2 is 2.10 bits per heavy atom. The molecule has 4 heterocycles. The van der Waals surface area contributed by atoms with Gasteiger partial charge in [0.2, 0.25) is 11.4 Å². The molecule has 2 aliphatic heterocycles. The molecule has 0 radical (unpaired) electrons. The van der Waals surface area contributed by atoms with Crippen molar-refractivity contribution in [3.63, 3.8) is 0 Å². The van der Waals surface area contributed by atoms with Crippen molar-refractivity contribution < 1.29 is 24.9 Å². The number of rotatable bonds is 4. The molecule has 154 valence electrons. The number of anilines is 1. The summed E-state index contributed by atoms with van der Waals surface area (Å²) in [6.07, 6.45) is 0.702. The summed E-state index contributed by atoms with van der Waals surface area (Å²) in [5.74, 6) is -0.182. The first-order chi connectivity index (χ1) is 14.6. The molecule has 1 aromatic carbocycles. The summed E-state index contributed by atoms with van der Waals surface area (Å²) in [5.41, 5.74) is -1.34. The number of aliphatic hydroxyl groups is 3. The molecule has 4 atom stereocenters. The Balaban J connectivity index is 1.70. The molecule has 1 saturated heterocycles. The molecule has 3 aromatic rings. The molecular weight excluding hydrogens is 390 g/mol. The van der Waals surface area contributed by atoms with Crippen LogP contribution in [0.3, 0.4) is 0 Å². The number of ether oxygens (including phenoxy) is 1. The minimum atomic E-state index is -2.39. The van der Waals surface area contributed by atoms with Crippen molar-refractivity contribution in [1.82, 2.24) is 19.7 Å². The third-order valence-electron chi connectivity index (χ3n) is 5.46. The first-order valence-corrected chi connectivity index (χ1v) is 9.46. The second-order valence-electron chi connectivity index (χ2n) is 7.21. The minimum Gasteiger partial charge on any atom is -0.394 e. The zero-order valence-electron chi connectivity index (χ0n) is 15.7. The van der Waals surface area contributed by atoms with E-state index in [2.05, 4.69) is 20.4 Å². The maximum absolute atomic E-state index is 13.3. The monoisotopic (exact) mass is 409 g/mol. The van der Waals surface area contributed by atoms with Crippen molar-refractivity contribution in [2.24, 2.45) is 0 Å². The van der Waals surface area contributed by atoms with Gasteiger partial charge in [-0.2, -0.15) is 5.10 Å². The van der Waals surface area contributed by atoms with Gasteiger partial charge in [-0.3, -0.25) is 4.79 Å². The molecule has 0 spiro atoms. The van der Waals surface area contributed by atoms with Gasteiger partial charge >= 0.3 is 0 Å². The fraction of sp³-hybridized carbons (Fsp3) is 0.300. The van der Waals surface area contributed by atoms with Crippen LogP contribution in [0.25, 0.3) is 17.1 Å². The molecule has 4 N–H and O–H groups in total. The van der Waals surface area contributed by atoms with Crippen LogP contribution in [0.4, 0.5) is 5.82 Å². The van der Waals surface area contributed by atoms with Gasteiger partial charge in [0.1, 0.15) is 24.4 Å². The van der Waals surface area contributed by atoms with Crippen LogP contribution in [0.5, 0.6) is 0 Å². The van der Waals surface area contributed by atoms with Gasteiger partial charge in [0.25, 0.3) is 0 Å². The lowest BCUT2D eigenvalue weighted by Gasteiger charge is -2.29. The maximum atomic E-state index is 13.3. The molecule has 10 nitrogen and oxygen atoms in total. The smallest absolute Gasteiger partial charge is 0.203 e. The Hall–Kier alpha value is -3.18. The van der Waals surface area contributed by atoms with Crippen LogP contribution in [0, 0.1) is 0 Å². The zero-order chi connectivity index (χ0) is 20.9. The van der Waals surface area contributed by atoms with Crippen LogP contribution >= 0.6 is 0 Å². The topological polar surface area (TPSA) is 143 Å². The lowest BCUT2D eigenvalue weighted by Crippen LogP contribution is -2.53. The van der Waals surface area contributed by atoms with Gasteiger partial charge in [-0.15, -0.1) is 0 Å². The summed E-state index contributed by atoms with van der Waals surface area (Å²) in [6.45, 7) is -0.0278. The third-order valence-corrected chi connectivity index (χ3v) is 5.46. The van der Waals surface area contributed by atoms with Crippen molar-refractivity contribution in [3.8, 4) is 0 Å². The number of aromatic nitrogens is 4. The summed E-state index contributed by atoms with van der Waals surface area (Å²) >= 11 is 0. The number of hydrogen-bond acceptors (Lipinski definition) is 9. The van der Waals surface area contributed by atoms with Crippen LogP contribution in [-0.2, 0) is 4.74 Å². The third kappa shape index (κ3) is 2.58. The lowest BCUT2D eigenvalue weighted by atomic mass is 9.86. The van der Waals surface area contributed by atoms with E-state index < -0.39 is 36.4 Å². The van der Waals surface area contributed by atoms with E-state index in [1.54, 1.807) is 24.3 Å². The summed E-state index contributed by atoms with van der Waals surface area (Å²) in [6, 6.07) is 8.11. The van der Waals surface area contributed by atoms with E-state index in [9.17, 15) is 20.1 Å². The summed E-state index contributed by atoms with van der Waals surface area (Å²) in [5, 5.41) is 40.2. The van der Waals surface area contributed by atoms with Crippen molar-refractivity contribution in [2.75, 3.05) is 18.5 Å². The zero-order valence-corrected chi connectivity index (χ0v) is 15.7. The second-order valence-corrected chi connectivity index (χ2v) is 7.21. The Kier molecular flexibility index (Phi) is 4.36. The molecule has 10 heteroatoms. The minimum absolute atomic E-state index is 0.195. The highest BCUT2D eigenvalue weighted by molar-refractivity contribution is 6.03. The van der Waals surface area contributed by atoms with E-state index in [1.807, 2.05) is 6.08 Å². The average Bonchev–Trinajstić information content (AvgIpc) is 3.17. The normalized spacial score (nSPS) is 27.8. The first kappa shape index (κ1) is 18.8. The number of nitrogens with one attached hydrogen (secondary N) is 1. The SMILES string of the molecule is O=C(c1ccccc1)[C@@]1(O)[C@H](O)[C@@H](CO)O[C@H]1n1nc2c3c(ncnc31)NCC=C2. The van der Waals surface area contributed by atoms with Crippen molar-refractivity contribution in [2.45, 2.75) is 24.0 Å². The highest BCUT2D eigenvalue weighted by Crippen LogP contribution is 2.42. The van der Waals surface area contributed by atoms with Crippen LogP contribution < -0.4 is 5.32 Å². The van der Waals surface area contributed by atoms with E-state index in [4.69, 9.17) is 4.74 Å². The number of benzene rings is 1. The van der Waals surface area contributed by atoms with Gasteiger partial charge in [-0.25, -0.2) is 14.6 Å². The molecule has 5 rings (SSSR count). The number of carbonyl (C=O) groups excluding carboxylic acids is 1. The molecule has 30 heavy (non-hydrogen) atoms. The Morgan fingerprint density at radius 1 is 1.30 bits per heavy atom. The van der Waals surface area contributed by atoms with Crippen LogP contribution in [-0.4, -0.2) is 71.8 Å². The number of Topliss-reactive ketones (excluding diaryl/α,β-unsaturated/α-hetero) is 1. The summed E-state index contributed by atoms with van der Waals surface area (Å²) in [7, 11) is 0. The molecule has 2 aliphatic rings. The molecule has 0 bridgehead atoms. The number of aliphatic hydroxyl groups excluding tert-OH is 2. The van der Waals surface area contributed by atoms with E-state index in [0.29, 0.717) is 29.1 Å². The molecule has 0 unspecified atom stereocenters. The lowest BCUT2D eigenvalue weighted by molar-refractivity contribution is -0.0875. The van der Waals surface area contributed by atoms with E-state index in [1.165, 1.54) is 23.1 Å². The van der Waals surface area contributed by atoms with Crippen LogP contribution in [0.15, 0.2) is 42.7 Å². The van der Waals surface area contributed by atoms with E-state index in [0.717, 1.165) is 0 Å². The van der Waals surface area contributed by atoms with Gasteiger partial charge < -0.3 is 25.4 Å². The quantitative estimate of drug-likeness (QED) is 0.442. The number of nitrogens with zero attached hydrogens (tertiary/aromatic N) is 4. The van der Waals surface area contributed by atoms with Gasteiger partial charge in [0, 0.05) is 12.1 Å². The molecular formula is C20H19N5O5. The van der Waals surface area contributed by atoms with Gasteiger partial charge in [-0.05, 0) is 6.08 Å². The first-order valence-electron chi connectivity index (χ1n) is 9.46. The molecule has 0 aliphatic carbocycles. The van der Waals surface area contributed by atoms with E-state index in [-0.39, 0.29) is 5.56 Å². The number of hydrogen-bond donors (Lipinski definition) is 4. The Bertz CT molecular complexity index is 1150. The number of ketones is 1. The largest absolute Gasteiger partial charge is 0.394 e. The predicted molar refractivity (Wildman–Crippen MR) is 106 cm³/mol. The average molecular weight is 409 g/mol. The standard InChI is InChI=1S/C20H19N5O5/c26-9-13-16(28)20(29,15(27)11-5-2-1-3-6-11)19(30-13)25-18-14-12(24-25)7-4-8-21-17(14)22-10-23-18/h1-7,10,13,16,19,26,28-29H,8-9H2,(H,21,22,23)/t13-,16-,19-,20-/m1/s1. The molecule has 0 amide bonds. The highest BCUT2D eigenvalue weighted by atomic mass is 16.6. The van der Waals surface area contributed by atoms with E-state index >= 15 is 0 Å². The fourth-order valence-corrected chi connectivity index (χ4v) is 3.97. The highest BCUT2D eigenvalue weighted by Gasteiger charge is 2.61. The van der Waals surface area contributed by atoms with Crippen molar-refractivity contribution in [3.05, 3.63) is 54.0 Å².